The standard InChI is InChI=1S/C19H31N3O3/c1-15-5-4-6-18(11-15)25-10-7-20-19(24)14-21-8-9-22(13-17(3)23)16(2)12-21/h4-6,11,16-17,23H,7-10,12-14H2,1-3H3,(H,20,24). The van der Waals surface area contributed by atoms with Crippen LogP contribution in [0.5, 0.6) is 5.75 Å². The van der Waals surface area contributed by atoms with Crippen molar-refractivity contribution in [1.29, 1.82) is 0 Å². The monoisotopic (exact) mass is 349 g/mol. The highest BCUT2D eigenvalue weighted by Crippen LogP contribution is 2.12. The fraction of sp³-hybridized carbons (Fsp3) is 0.632. The lowest BCUT2D eigenvalue weighted by Crippen LogP contribution is -2.55. The summed E-state index contributed by atoms with van der Waals surface area (Å²) < 4.78 is 5.64. The fourth-order valence-corrected chi connectivity index (χ4v) is 3.15. The second kappa shape index (κ2) is 9.75. The molecule has 0 bridgehead atoms. The molecule has 0 saturated carbocycles. The van der Waals surface area contributed by atoms with E-state index in [1.54, 1.807) is 0 Å². The average molecular weight is 349 g/mol. The number of benzene rings is 1. The molecule has 1 saturated heterocycles. The van der Waals surface area contributed by atoms with Crippen LogP contribution in [0, 0.1) is 6.92 Å². The molecule has 1 aromatic carbocycles. The Morgan fingerprint density at radius 3 is 2.92 bits per heavy atom. The Balaban J connectivity index is 1.62. The highest BCUT2D eigenvalue weighted by atomic mass is 16.5. The summed E-state index contributed by atoms with van der Waals surface area (Å²) in [7, 11) is 0. The first-order valence-corrected chi connectivity index (χ1v) is 9.04. The predicted octanol–water partition coefficient (Wildman–Crippen LogP) is 0.877. The van der Waals surface area contributed by atoms with Gasteiger partial charge in [-0.15, -0.1) is 0 Å². The molecule has 1 heterocycles. The van der Waals surface area contributed by atoms with Crippen LogP contribution >= 0.6 is 0 Å². The number of ether oxygens (including phenoxy) is 1. The maximum atomic E-state index is 12.1. The topological polar surface area (TPSA) is 65.0 Å². The van der Waals surface area contributed by atoms with Gasteiger partial charge in [0.25, 0.3) is 0 Å². The first-order valence-electron chi connectivity index (χ1n) is 9.04. The third-order valence-electron chi connectivity index (χ3n) is 4.40. The van der Waals surface area contributed by atoms with Gasteiger partial charge in [0.1, 0.15) is 12.4 Å². The zero-order chi connectivity index (χ0) is 18.2. The summed E-state index contributed by atoms with van der Waals surface area (Å²) in [5.74, 6) is 0.862. The molecule has 1 aliphatic rings. The summed E-state index contributed by atoms with van der Waals surface area (Å²) in [4.78, 5) is 16.5. The highest BCUT2D eigenvalue weighted by molar-refractivity contribution is 5.78. The number of hydrogen-bond acceptors (Lipinski definition) is 5. The van der Waals surface area contributed by atoms with Crippen LogP contribution in [0.4, 0.5) is 0 Å². The molecule has 2 rings (SSSR count). The van der Waals surface area contributed by atoms with Gasteiger partial charge in [0.15, 0.2) is 0 Å². The normalized spacial score (nSPS) is 20.2. The van der Waals surface area contributed by atoms with E-state index in [0.717, 1.165) is 30.9 Å². The molecule has 0 aliphatic carbocycles. The van der Waals surface area contributed by atoms with Gasteiger partial charge in [-0.1, -0.05) is 12.1 Å². The predicted molar refractivity (Wildman–Crippen MR) is 98.8 cm³/mol. The van der Waals surface area contributed by atoms with E-state index < -0.39 is 0 Å². The fourth-order valence-electron chi connectivity index (χ4n) is 3.15. The van der Waals surface area contributed by atoms with Crippen LogP contribution in [0.2, 0.25) is 0 Å². The molecular weight excluding hydrogens is 318 g/mol. The van der Waals surface area contributed by atoms with Gasteiger partial charge in [0.2, 0.25) is 5.91 Å². The van der Waals surface area contributed by atoms with E-state index in [9.17, 15) is 9.90 Å². The van der Waals surface area contributed by atoms with Crippen molar-refractivity contribution in [3.63, 3.8) is 0 Å². The van der Waals surface area contributed by atoms with Gasteiger partial charge in [-0.05, 0) is 38.5 Å². The molecule has 0 radical (unpaired) electrons. The second-order valence-corrected chi connectivity index (χ2v) is 6.94. The van der Waals surface area contributed by atoms with E-state index in [4.69, 9.17) is 4.74 Å². The molecule has 25 heavy (non-hydrogen) atoms. The van der Waals surface area contributed by atoms with E-state index >= 15 is 0 Å². The minimum absolute atomic E-state index is 0.0315. The largest absolute Gasteiger partial charge is 0.492 e. The molecule has 1 amide bonds. The van der Waals surface area contributed by atoms with Gasteiger partial charge in [-0.2, -0.15) is 0 Å². The number of carbonyl (C=O) groups excluding carboxylic acids is 1. The number of piperazine rings is 1. The van der Waals surface area contributed by atoms with Crippen LogP contribution in [0.25, 0.3) is 0 Å². The molecule has 1 aromatic rings. The van der Waals surface area contributed by atoms with E-state index in [1.165, 1.54) is 0 Å². The third-order valence-corrected chi connectivity index (χ3v) is 4.40. The summed E-state index contributed by atoms with van der Waals surface area (Å²) in [6, 6.07) is 8.23. The molecule has 2 unspecified atom stereocenters. The van der Waals surface area contributed by atoms with Crippen molar-refractivity contribution in [3.8, 4) is 5.75 Å². The Hall–Kier alpha value is -1.63. The van der Waals surface area contributed by atoms with E-state index in [1.807, 2.05) is 38.1 Å². The van der Waals surface area contributed by atoms with Crippen molar-refractivity contribution in [3.05, 3.63) is 29.8 Å². The first-order chi connectivity index (χ1) is 11.9. The van der Waals surface area contributed by atoms with Crippen molar-refractivity contribution >= 4 is 5.91 Å². The average Bonchev–Trinajstić information content (AvgIpc) is 2.54. The van der Waals surface area contributed by atoms with E-state index in [-0.39, 0.29) is 12.0 Å². The van der Waals surface area contributed by atoms with Gasteiger partial charge in [-0.3, -0.25) is 14.6 Å². The van der Waals surface area contributed by atoms with E-state index in [0.29, 0.717) is 32.3 Å². The zero-order valence-corrected chi connectivity index (χ0v) is 15.6. The number of carbonyl (C=O) groups is 1. The van der Waals surface area contributed by atoms with Gasteiger partial charge >= 0.3 is 0 Å². The number of nitrogens with one attached hydrogen (secondary N) is 1. The summed E-state index contributed by atoms with van der Waals surface area (Å²) in [5.41, 5.74) is 1.16. The molecule has 1 fully saturated rings. The lowest BCUT2D eigenvalue weighted by atomic mass is 10.1. The quantitative estimate of drug-likeness (QED) is 0.682. The Morgan fingerprint density at radius 2 is 2.24 bits per heavy atom. The number of aliphatic hydroxyl groups excluding tert-OH is 1. The molecule has 2 atom stereocenters. The Labute approximate surface area is 150 Å². The highest BCUT2D eigenvalue weighted by Gasteiger charge is 2.25. The first kappa shape index (κ1) is 19.7. The molecule has 1 aliphatic heterocycles. The molecule has 0 spiro atoms. The molecule has 6 nitrogen and oxygen atoms in total. The lowest BCUT2D eigenvalue weighted by molar-refractivity contribution is -0.123. The maximum absolute atomic E-state index is 12.1. The summed E-state index contributed by atoms with van der Waals surface area (Å²) in [6.07, 6.45) is -0.314. The van der Waals surface area contributed by atoms with Gasteiger partial charge in [0.05, 0.1) is 19.2 Å². The van der Waals surface area contributed by atoms with Crippen LogP contribution in [0.1, 0.15) is 19.4 Å². The maximum Gasteiger partial charge on any atom is 0.234 e. The molecule has 2 N–H and O–H groups in total. The Kier molecular flexibility index (Phi) is 7.68. The third kappa shape index (κ3) is 7.02. The molecule has 0 aromatic heterocycles. The van der Waals surface area contributed by atoms with Crippen LogP contribution in [-0.2, 0) is 4.79 Å². The van der Waals surface area contributed by atoms with Crippen LogP contribution in [0.15, 0.2) is 24.3 Å². The second-order valence-electron chi connectivity index (χ2n) is 6.94. The van der Waals surface area contributed by atoms with Crippen molar-refractivity contribution in [1.82, 2.24) is 15.1 Å². The number of hydrogen-bond donors (Lipinski definition) is 2. The Morgan fingerprint density at radius 1 is 1.44 bits per heavy atom. The smallest absolute Gasteiger partial charge is 0.234 e. The van der Waals surface area contributed by atoms with Crippen LogP contribution in [0.3, 0.4) is 0 Å². The van der Waals surface area contributed by atoms with Crippen LogP contribution < -0.4 is 10.1 Å². The number of amides is 1. The summed E-state index contributed by atoms with van der Waals surface area (Å²) in [5, 5.41) is 12.4. The van der Waals surface area contributed by atoms with Crippen molar-refractivity contribution in [2.45, 2.75) is 32.9 Å². The molecular formula is C19H31N3O3. The van der Waals surface area contributed by atoms with Crippen molar-refractivity contribution in [2.24, 2.45) is 0 Å². The lowest BCUT2D eigenvalue weighted by Gasteiger charge is -2.40. The number of rotatable bonds is 8. The number of aliphatic hydroxyl groups is 1. The summed E-state index contributed by atoms with van der Waals surface area (Å²) >= 11 is 0. The SMILES string of the molecule is Cc1cccc(OCCNC(=O)CN2CCN(CC(C)O)C(C)C2)c1. The van der Waals surface area contributed by atoms with Crippen molar-refractivity contribution in [2.75, 3.05) is 45.9 Å². The Bertz CT molecular complexity index is 550. The van der Waals surface area contributed by atoms with Gasteiger partial charge < -0.3 is 15.2 Å². The number of aryl methyl sites for hydroxylation is 1. The minimum atomic E-state index is -0.314. The van der Waals surface area contributed by atoms with Gasteiger partial charge in [0, 0.05) is 32.2 Å². The number of nitrogens with zero attached hydrogens (tertiary/aromatic N) is 2. The van der Waals surface area contributed by atoms with Gasteiger partial charge in [-0.25, -0.2) is 0 Å². The zero-order valence-electron chi connectivity index (χ0n) is 15.6. The van der Waals surface area contributed by atoms with E-state index in [2.05, 4.69) is 22.0 Å². The van der Waals surface area contributed by atoms with Crippen molar-refractivity contribution < 1.29 is 14.6 Å². The minimum Gasteiger partial charge on any atom is -0.492 e. The molecule has 6 heteroatoms. The molecule has 140 valence electrons. The summed E-state index contributed by atoms with van der Waals surface area (Å²) in [6.45, 7) is 10.6. The number of β-amino-alcohol motifs (C(OH)–C–C–N with tert-alkyl or cyclic N) is 1. The van der Waals surface area contributed by atoms with Crippen LogP contribution in [-0.4, -0.2) is 78.8 Å².